The normalized spacial score (nSPS) is 13.2. The molecule has 0 unspecified atom stereocenters. The second-order valence-corrected chi connectivity index (χ2v) is 10.7. The lowest BCUT2D eigenvalue weighted by molar-refractivity contribution is 0.0216. The quantitative estimate of drug-likeness (QED) is 0.338. The van der Waals surface area contributed by atoms with E-state index in [2.05, 4.69) is 45.0 Å². The highest BCUT2D eigenvalue weighted by atomic mass is 16.5. The number of benzene rings is 2. The van der Waals surface area contributed by atoms with Gasteiger partial charge in [-0.3, -0.25) is 0 Å². The molecule has 0 spiro atoms. The van der Waals surface area contributed by atoms with Crippen LogP contribution in [-0.2, 0) is 5.41 Å². The molecule has 0 saturated heterocycles. The summed E-state index contributed by atoms with van der Waals surface area (Å²) < 4.78 is 12.1. The maximum absolute atomic E-state index is 10.3. The van der Waals surface area contributed by atoms with Gasteiger partial charge in [-0.25, -0.2) is 0 Å². The molecule has 0 heterocycles. The molecule has 0 aliphatic carbocycles. The summed E-state index contributed by atoms with van der Waals surface area (Å²) in [5.74, 6) is 1.59. The standard InChI is InChI=1S/C30H46O5/c1-8-30(9-2,23-10-12-26(21(3)18-23)34-20-28(33)29(5,6)7)24-11-13-27(22(4)19-24)35-25(14-16-31)15-17-32/h10-13,18-19,25,28,31-33H,8-9,14-17,20H2,1-7H3/t28-/m0/s1. The monoisotopic (exact) mass is 486 g/mol. The minimum atomic E-state index is -0.537. The van der Waals surface area contributed by atoms with Crippen molar-refractivity contribution in [3.63, 3.8) is 0 Å². The molecular weight excluding hydrogens is 440 g/mol. The molecule has 3 N–H and O–H groups in total. The Morgan fingerprint density at radius 3 is 1.69 bits per heavy atom. The summed E-state index contributed by atoms with van der Waals surface area (Å²) >= 11 is 0. The van der Waals surface area contributed by atoms with Crippen molar-refractivity contribution in [3.05, 3.63) is 58.7 Å². The fourth-order valence-corrected chi connectivity index (χ4v) is 4.57. The first kappa shape index (κ1) is 29.2. The smallest absolute Gasteiger partial charge is 0.122 e. The van der Waals surface area contributed by atoms with Gasteiger partial charge in [0.1, 0.15) is 24.2 Å². The summed E-state index contributed by atoms with van der Waals surface area (Å²) in [5, 5.41) is 29.0. The fraction of sp³-hybridized carbons (Fsp3) is 0.600. The third-order valence-corrected chi connectivity index (χ3v) is 7.25. The Morgan fingerprint density at radius 2 is 1.29 bits per heavy atom. The van der Waals surface area contributed by atoms with E-state index < -0.39 is 6.10 Å². The molecule has 0 fully saturated rings. The molecule has 2 rings (SSSR count). The average Bonchev–Trinajstić information content (AvgIpc) is 2.80. The highest BCUT2D eigenvalue weighted by Gasteiger charge is 2.32. The van der Waals surface area contributed by atoms with Crippen LogP contribution < -0.4 is 9.47 Å². The first-order valence-electron chi connectivity index (χ1n) is 12.9. The van der Waals surface area contributed by atoms with Gasteiger partial charge in [0.25, 0.3) is 0 Å². The van der Waals surface area contributed by atoms with Crippen LogP contribution in [0.5, 0.6) is 11.5 Å². The van der Waals surface area contributed by atoms with E-state index in [1.54, 1.807) is 0 Å². The average molecular weight is 487 g/mol. The molecule has 0 radical (unpaired) electrons. The molecule has 1 atom stereocenters. The van der Waals surface area contributed by atoms with E-state index in [1.807, 2.05) is 39.8 Å². The summed E-state index contributed by atoms with van der Waals surface area (Å²) in [7, 11) is 0. The molecule has 0 aliphatic heterocycles. The zero-order chi connectivity index (χ0) is 26.2. The predicted molar refractivity (Wildman–Crippen MR) is 142 cm³/mol. The number of hydrogen-bond acceptors (Lipinski definition) is 5. The van der Waals surface area contributed by atoms with Crippen LogP contribution in [0.2, 0.25) is 0 Å². The van der Waals surface area contributed by atoms with Crippen molar-refractivity contribution in [1.29, 1.82) is 0 Å². The molecule has 0 saturated carbocycles. The van der Waals surface area contributed by atoms with Crippen LogP contribution in [0.4, 0.5) is 0 Å². The largest absolute Gasteiger partial charge is 0.491 e. The van der Waals surface area contributed by atoms with Crippen molar-refractivity contribution in [3.8, 4) is 11.5 Å². The Morgan fingerprint density at radius 1 is 0.800 bits per heavy atom. The Hall–Kier alpha value is -2.08. The van der Waals surface area contributed by atoms with Crippen LogP contribution in [0, 0.1) is 19.3 Å². The van der Waals surface area contributed by atoms with Gasteiger partial charge >= 0.3 is 0 Å². The number of ether oxygens (including phenoxy) is 2. The summed E-state index contributed by atoms with van der Waals surface area (Å²) in [6, 6.07) is 12.8. The van der Waals surface area contributed by atoms with E-state index in [9.17, 15) is 15.3 Å². The topological polar surface area (TPSA) is 79.2 Å². The molecule has 0 aliphatic rings. The Labute approximate surface area is 212 Å². The van der Waals surface area contributed by atoms with Gasteiger partial charge in [0.05, 0.1) is 6.10 Å². The number of aliphatic hydroxyl groups is 3. The predicted octanol–water partition coefficient (Wildman–Crippen LogP) is 5.71. The van der Waals surface area contributed by atoms with E-state index in [4.69, 9.17) is 9.47 Å². The van der Waals surface area contributed by atoms with Crippen molar-refractivity contribution in [2.75, 3.05) is 19.8 Å². The maximum atomic E-state index is 10.3. The second-order valence-electron chi connectivity index (χ2n) is 10.7. The lowest BCUT2D eigenvalue weighted by Crippen LogP contribution is -2.32. The minimum absolute atomic E-state index is 0.0325. The lowest BCUT2D eigenvalue weighted by Gasteiger charge is -2.34. The molecule has 0 bridgehead atoms. The van der Waals surface area contributed by atoms with Crippen LogP contribution in [0.1, 0.15) is 82.6 Å². The van der Waals surface area contributed by atoms with Crippen molar-refractivity contribution >= 4 is 0 Å². The third kappa shape index (κ3) is 7.22. The second kappa shape index (κ2) is 12.8. The number of rotatable bonds is 13. The van der Waals surface area contributed by atoms with Gasteiger partial charge in [0, 0.05) is 31.5 Å². The molecule has 35 heavy (non-hydrogen) atoms. The van der Waals surface area contributed by atoms with Gasteiger partial charge in [-0.2, -0.15) is 0 Å². The SMILES string of the molecule is CCC(CC)(c1ccc(OC[C@H](O)C(C)(C)C)c(C)c1)c1ccc(OC(CCO)CCO)c(C)c1. The van der Waals surface area contributed by atoms with Crippen molar-refractivity contribution in [2.45, 2.75) is 91.8 Å². The Balaban J connectivity index is 2.33. The number of hydrogen-bond donors (Lipinski definition) is 3. The van der Waals surface area contributed by atoms with Gasteiger partial charge in [0.2, 0.25) is 0 Å². The van der Waals surface area contributed by atoms with Gasteiger partial charge in [-0.15, -0.1) is 0 Å². The zero-order valence-corrected chi connectivity index (χ0v) is 22.7. The van der Waals surface area contributed by atoms with Crippen LogP contribution >= 0.6 is 0 Å². The van der Waals surface area contributed by atoms with E-state index in [-0.39, 0.29) is 36.8 Å². The van der Waals surface area contributed by atoms with Gasteiger partial charge in [0.15, 0.2) is 0 Å². The van der Waals surface area contributed by atoms with E-state index in [1.165, 1.54) is 11.1 Å². The van der Waals surface area contributed by atoms with Crippen LogP contribution in [0.15, 0.2) is 36.4 Å². The molecule has 5 nitrogen and oxygen atoms in total. The van der Waals surface area contributed by atoms with Crippen molar-refractivity contribution < 1.29 is 24.8 Å². The summed E-state index contributed by atoms with van der Waals surface area (Å²) in [6.45, 7) is 14.9. The highest BCUT2D eigenvalue weighted by Crippen LogP contribution is 2.41. The van der Waals surface area contributed by atoms with Gasteiger partial charge in [-0.05, 0) is 66.5 Å². The van der Waals surface area contributed by atoms with Crippen molar-refractivity contribution in [2.24, 2.45) is 5.41 Å². The molecule has 0 aromatic heterocycles. The first-order valence-corrected chi connectivity index (χ1v) is 12.9. The van der Waals surface area contributed by atoms with E-state index in [0.29, 0.717) is 12.8 Å². The molecule has 0 amide bonds. The molecular formula is C30H46O5. The van der Waals surface area contributed by atoms with Crippen LogP contribution in [0.3, 0.4) is 0 Å². The third-order valence-electron chi connectivity index (χ3n) is 7.25. The minimum Gasteiger partial charge on any atom is -0.491 e. The molecule has 196 valence electrons. The molecule has 2 aromatic rings. The Kier molecular flexibility index (Phi) is 10.6. The zero-order valence-electron chi connectivity index (χ0n) is 22.7. The van der Waals surface area contributed by atoms with E-state index >= 15 is 0 Å². The van der Waals surface area contributed by atoms with Crippen LogP contribution in [0.25, 0.3) is 0 Å². The van der Waals surface area contributed by atoms with Crippen molar-refractivity contribution in [1.82, 2.24) is 0 Å². The molecule has 5 heteroatoms. The number of aryl methyl sites for hydroxylation is 2. The highest BCUT2D eigenvalue weighted by molar-refractivity contribution is 5.48. The summed E-state index contributed by atoms with van der Waals surface area (Å²) in [6.07, 6.45) is 2.15. The first-order chi connectivity index (χ1) is 16.5. The maximum Gasteiger partial charge on any atom is 0.122 e. The molecule has 2 aromatic carbocycles. The van der Waals surface area contributed by atoms with Crippen LogP contribution in [-0.4, -0.2) is 47.3 Å². The fourth-order valence-electron chi connectivity index (χ4n) is 4.57. The summed E-state index contributed by atoms with van der Waals surface area (Å²) in [4.78, 5) is 0. The lowest BCUT2D eigenvalue weighted by atomic mass is 9.70. The van der Waals surface area contributed by atoms with E-state index in [0.717, 1.165) is 35.5 Å². The Bertz CT molecular complexity index is 921. The van der Waals surface area contributed by atoms with Gasteiger partial charge < -0.3 is 24.8 Å². The van der Waals surface area contributed by atoms with Gasteiger partial charge in [-0.1, -0.05) is 58.9 Å². The number of aliphatic hydroxyl groups excluding tert-OH is 3. The summed E-state index contributed by atoms with van der Waals surface area (Å²) in [5.41, 5.74) is 4.22.